The van der Waals surface area contributed by atoms with Gasteiger partial charge in [-0.15, -0.1) is 0 Å². The van der Waals surface area contributed by atoms with E-state index in [1.54, 1.807) is 24.4 Å². The van der Waals surface area contributed by atoms with Crippen molar-refractivity contribution in [3.8, 4) is 0 Å². The van der Waals surface area contributed by atoms with Crippen LogP contribution in [-0.4, -0.2) is 16.9 Å². The van der Waals surface area contributed by atoms with Crippen LogP contribution in [0.5, 0.6) is 0 Å². The minimum absolute atomic E-state index is 0.263. The van der Waals surface area contributed by atoms with Gasteiger partial charge in [-0.25, -0.2) is 4.98 Å². The zero-order valence-corrected chi connectivity index (χ0v) is 14.3. The van der Waals surface area contributed by atoms with Crippen molar-refractivity contribution in [2.24, 2.45) is 0 Å². The summed E-state index contributed by atoms with van der Waals surface area (Å²) in [6, 6.07) is 17.7. The summed E-state index contributed by atoms with van der Waals surface area (Å²) in [5.41, 5.74) is 2.25. The molecule has 0 fully saturated rings. The van der Waals surface area contributed by atoms with Crippen LogP contribution in [0.2, 0.25) is 0 Å². The Balaban J connectivity index is 1.72. The van der Waals surface area contributed by atoms with E-state index in [1.807, 2.05) is 24.3 Å². The molecule has 0 spiro atoms. The Bertz CT molecular complexity index is 797. The first-order valence-electron chi connectivity index (χ1n) is 8.25. The number of nitrogens with zero attached hydrogens (tertiary/aromatic N) is 2. The van der Waals surface area contributed by atoms with Gasteiger partial charge in [0, 0.05) is 12.6 Å². The van der Waals surface area contributed by atoms with Gasteiger partial charge in [-0.2, -0.15) is 0 Å². The van der Waals surface area contributed by atoms with Crippen molar-refractivity contribution in [2.45, 2.75) is 26.4 Å². The number of carbonyl (C=O) groups is 1. The summed E-state index contributed by atoms with van der Waals surface area (Å²) >= 11 is 0. The lowest BCUT2D eigenvalue weighted by atomic mass is 10.1. The lowest BCUT2D eigenvalue weighted by molar-refractivity contribution is 0.0996. The monoisotopic (exact) mass is 335 g/mol. The van der Waals surface area contributed by atoms with Crippen molar-refractivity contribution in [3.05, 3.63) is 78.4 Å². The molecule has 0 atom stereocenters. The third-order valence-electron chi connectivity index (χ3n) is 3.89. The van der Waals surface area contributed by atoms with Crippen molar-refractivity contribution in [1.82, 2.24) is 4.98 Å². The summed E-state index contributed by atoms with van der Waals surface area (Å²) in [7, 11) is 0. The Morgan fingerprint density at radius 1 is 1.12 bits per heavy atom. The highest BCUT2D eigenvalue weighted by molar-refractivity contribution is 6.01. The van der Waals surface area contributed by atoms with Gasteiger partial charge in [0.05, 0.1) is 18.1 Å². The Hall–Kier alpha value is -3.08. The highest BCUT2D eigenvalue weighted by atomic mass is 16.3. The fourth-order valence-electron chi connectivity index (χ4n) is 2.57. The number of furan rings is 1. The number of anilines is 2. The first-order valence-corrected chi connectivity index (χ1v) is 8.25. The molecule has 25 heavy (non-hydrogen) atoms. The quantitative estimate of drug-likeness (QED) is 0.728. The molecule has 1 N–H and O–H groups in total. The Kier molecular flexibility index (Phi) is 5.14. The van der Waals surface area contributed by atoms with Gasteiger partial charge < -0.3 is 14.6 Å². The van der Waals surface area contributed by atoms with Crippen molar-refractivity contribution >= 4 is 17.4 Å². The normalized spacial score (nSPS) is 10.7. The number of nitrogens with one attached hydrogen (secondary N) is 1. The minimum atomic E-state index is -0.310. The van der Waals surface area contributed by atoms with E-state index in [0.29, 0.717) is 11.9 Å². The largest absolute Gasteiger partial charge is 0.459 e. The van der Waals surface area contributed by atoms with E-state index in [2.05, 4.69) is 41.2 Å². The van der Waals surface area contributed by atoms with E-state index < -0.39 is 0 Å². The van der Waals surface area contributed by atoms with Gasteiger partial charge in [0.15, 0.2) is 5.76 Å². The van der Waals surface area contributed by atoms with Crippen molar-refractivity contribution < 1.29 is 9.21 Å². The van der Waals surface area contributed by atoms with Crippen LogP contribution in [-0.2, 0) is 6.54 Å². The van der Waals surface area contributed by atoms with Gasteiger partial charge in [0.25, 0.3) is 5.91 Å². The molecule has 1 aromatic carbocycles. The van der Waals surface area contributed by atoms with E-state index >= 15 is 0 Å². The summed E-state index contributed by atoms with van der Waals surface area (Å²) in [4.78, 5) is 18.6. The van der Waals surface area contributed by atoms with Crippen LogP contribution in [0, 0.1) is 0 Å². The number of rotatable bonds is 6. The number of amides is 1. The number of hydrogen-bond donors (Lipinski definition) is 1. The van der Waals surface area contributed by atoms with Crippen LogP contribution in [0.3, 0.4) is 0 Å². The summed E-state index contributed by atoms with van der Waals surface area (Å²) in [5.74, 6) is 0.447. The van der Waals surface area contributed by atoms with E-state index in [0.717, 1.165) is 12.2 Å². The molecule has 0 saturated carbocycles. The maximum absolute atomic E-state index is 12.0. The van der Waals surface area contributed by atoms with Crippen molar-refractivity contribution in [3.63, 3.8) is 0 Å². The van der Waals surface area contributed by atoms with Gasteiger partial charge >= 0.3 is 0 Å². The van der Waals surface area contributed by atoms with Gasteiger partial charge in [-0.1, -0.05) is 30.3 Å². The smallest absolute Gasteiger partial charge is 0.292 e. The maximum atomic E-state index is 12.0. The second kappa shape index (κ2) is 7.66. The SMILES string of the molecule is CC(C)N(Cc1ccccc1)c1ccc(NC(=O)c2ccco2)nc1. The molecule has 0 bridgehead atoms. The zero-order valence-electron chi connectivity index (χ0n) is 14.3. The topological polar surface area (TPSA) is 58.4 Å². The number of carbonyl (C=O) groups excluding carboxylic acids is 1. The first-order chi connectivity index (χ1) is 12.1. The molecule has 5 nitrogen and oxygen atoms in total. The molecule has 0 unspecified atom stereocenters. The van der Waals surface area contributed by atoms with Gasteiger partial charge in [-0.05, 0) is 43.7 Å². The molecule has 2 aromatic heterocycles. The van der Waals surface area contributed by atoms with Crippen LogP contribution < -0.4 is 10.2 Å². The molecule has 5 heteroatoms. The molecular weight excluding hydrogens is 314 g/mol. The van der Waals surface area contributed by atoms with E-state index in [4.69, 9.17) is 4.42 Å². The third kappa shape index (κ3) is 4.26. The Morgan fingerprint density at radius 3 is 2.52 bits per heavy atom. The molecule has 3 rings (SSSR count). The molecule has 0 saturated heterocycles. The molecule has 0 radical (unpaired) electrons. The highest BCUT2D eigenvalue weighted by Crippen LogP contribution is 2.21. The van der Waals surface area contributed by atoms with Crippen LogP contribution in [0.15, 0.2) is 71.5 Å². The van der Waals surface area contributed by atoms with E-state index in [9.17, 15) is 4.79 Å². The zero-order chi connectivity index (χ0) is 17.6. The second-order valence-electron chi connectivity index (χ2n) is 6.04. The average Bonchev–Trinajstić information content (AvgIpc) is 3.16. The molecule has 0 aliphatic rings. The van der Waals surface area contributed by atoms with Crippen LogP contribution in [0.4, 0.5) is 11.5 Å². The molecule has 0 aliphatic heterocycles. The number of hydrogen-bond acceptors (Lipinski definition) is 4. The van der Waals surface area contributed by atoms with Crippen molar-refractivity contribution in [1.29, 1.82) is 0 Å². The summed E-state index contributed by atoms with van der Waals surface area (Å²) < 4.78 is 5.08. The van der Waals surface area contributed by atoms with Crippen LogP contribution in [0.25, 0.3) is 0 Å². The first kappa shape index (κ1) is 16.8. The number of pyridine rings is 1. The number of benzene rings is 1. The maximum Gasteiger partial charge on any atom is 0.292 e. The van der Waals surface area contributed by atoms with Gasteiger partial charge in [-0.3, -0.25) is 4.79 Å². The molecule has 128 valence electrons. The van der Waals surface area contributed by atoms with Gasteiger partial charge in [0.1, 0.15) is 5.82 Å². The third-order valence-corrected chi connectivity index (χ3v) is 3.89. The molecule has 1 amide bonds. The van der Waals surface area contributed by atoms with E-state index in [-0.39, 0.29) is 11.7 Å². The summed E-state index contributed by atoms with van der Waals surface area (Å²) in [5, 5.41) is 2.73. The molecule has 3 aromatic rings. The van der Waals surface area contributed by atoms with E-state index in [1.165, 1.54) is 11.8 Å². The van der Waals surface area contributed by atoms with Crippen LogP contribution in [0.1, 0.15) is 30.0 Å². The highest BCUT2D eigenvalue weighted by Gasteiger charge is 2.13. The summed E-state index contributed by atoms with van der Waals surface area (Å²) in [6.07, 6.45) is 3.25. The predicted octanol–water partition coefficient (Wildman–Crippen LogP) is 4.34. The van der Waals surface area contributed by atoms with Gasteiger partial charge in [0.2, 0.25) is 0 Å². The number of aromatic nitrogens is 1. The van der Waals surface area contributed by atoms with Crippen molar-refractivity contribution in [2.75, 3.05) is 10.2 Å². The lowest BCUT2D eigenvalue weighted by Crippen LogP contribution is -2.30. The average molecular weight is 335 g/mol. The minimum Gasteiger partial charge on any atom is -0.459 e. The standard InChI is InChI=1S/C20H21N3O2/c1-15(2)23(14-16-7-4-3-5-8-16)17-10-11-19(21-13-17)22-20(24)18-9-6-12-25-18/h3-13,15H,14H2,1-2H3,(H,21,22,24). The Labute approximate surface area is 147 Å². The van der Waals surface area contributed by atoms with Crippen LogP contribution >= 0.6 is 0 Å². The molecular formula is C20H21N3O2. The second-order valence-corrected chi connectivity index (χ2v) is 6.04. The fourth-order valence-corrected chi connectivity index (χ4v) is 2.57. The summed E-state index contributed by atoms with van der Waals surface area (Å²) in [6.45, 7) is 5.10. The molecule has 2 heterocycles. The Morgan fingerprint density at radius 2 is 1.92 bits per heavy atom. The molecule has 0 aliphatic carbocycles. The lowest BCUT2D eigenvalue weighted by Gasteiger charge is -2.29. The fraction of sp³-hybridized carbons (Fsp3) is 0.200. The predicted molar refractivity (Wildman–Crippen MR) is 98.7 cm³/mol.